The van der Waals surface area contributed by atoms with Crippen molar-refractivity contribution in [3.63, 3.8) is 0 Å². The highest BCUT2D eigenvalue weighted by molar-refractivity contribution is 7.08. The van der Waals surface area contributed by atoms with E-state index in [-0.39, 0.29) is 11.5 Å². The van der Waals surface area contributed by atoms with Crippen molar-refractivity contribution in [2.24, 2.45) is 0 Å². The SMILES string of the molecule is Cc1c(OCCN2CCOCC2)ccc(-n2nnnc2-c2cc(-c3ccsc3)cnc2N)c1F. The van der Waals surface area contributed by atoms with Gasteiger partial charge in [-0.2, -0.15) is 16.0 Å². The molecule has 5 rings (SSSR count). The average Bonchev–Trinajstić information content (AvgIpc) is 3.56. The molecule has 0 saturated carbocycles. The molecule has 0 radical (unpaired) electrons. The zero-order chi connectivity index (χ0) is 23.5. The first-order valence-electron chi connectivity index (χ1n) is 10.9. The van der Waals surface area contributed by atoms with Crippen molar-refractivity contribution in [3.8, 4) is 34.0 Å². The van der Waals surface area contributed by atoms with Crippen LogP contribution < -0.4 is 10.5 Å². The maximum atomic E-state index is 15.4. The number of nitrogen functional groups attached to an aromatic ring is 1. The second-order valence-corrected chi connectivity index (χ2v) is 8.69. The smallest absolute Gasteiger partial charge is 0.190 e. The number of pyridine rings is 1. The lowest BCUT2D eigenvalue weighted by atomic mass is 10.1. The van der Waals surface area contributed by atoms with Crippen molar-refractivity contribution in [2.75, 3.05) is 45.2 Å². The minimum Gasteiger partial charge on any atom is -0.492 e. The van der Waals surface area contributed by atoms with Crippen LogP contribution in [0.5, 0.6) is 5.75 Å². The molecular formula is C23H24FN7O2S. The van der Waals surface area contributed by atoms with Crippen molar-refractivity contribution >= 4 is 17.2 Å². The van der Waals surface area contributed by atoms with Gasteiger partial charge in [-0.15, -0.1) is 5.10 Å². The number of ether oxygens (including phenoxy) is 2. The first-order valence-corrected chi connectivity index (χ1v) is 11.9. The molecule has 0 amide bonds. The number of nitrogens with zero attached hydrogens (tertiary/aromatic N) is 6. The molecule has 4 heterocycles. The van der Waals surface area contributed by atoms with Crippen LogP contribution in [0.3, 0.4) is 0 Å². The van der Waals surface area contributed by atoms with Crippen LogP contribution in [0.15, 0.2) is 41.2 Å². The van der Waals surface area contributed by atoms with Crippen molar-refractivity contribution in [1.29, 1.82) is 0 Å². The number of anilines is 1. The molecular weight excluding hydrogens is 457 g/mol. The van der Waals surface area contributed by atoms with Gasteiger partial charge in [-0.25, -0.2) is 9.37 Å². The first-order chi connectivity index (χ1) is 16.6. The first kappa shape index (κ1) is 22.4. The normalized spacial score (nSPS) is 14.4. The van der Waals surface area contributed by atoms with Crippen LogP contribution in [0.1, 0.15) is 5.56 Å². The highest BCUT2D eigenvalue weighted by atomic mass is 32.1. The summed E-state index contributed by atoms with van der Waals surface area (Å²) in [7, 11) is 0. The second kappa shape index (κ2) is 9.84. The summed E-state index contributed by atoms with van der Waals surface area (Å²) in [4.78, 5) is 6.56. The molecule has 1 aliphatic rings. The van der Waals surface area contributed by atoms with E-state index < -0.39 is 5.82 Å². The maximum absolute atomic E-state index is 15.4. The van der Waals surface area contributed by atoms with Crippen LogP contribution in [0.25, 0.3) is 28.2 Å². The van der Waals surface area contributed by atoms with Gasteiger partial charge in [0.1, 0.15) is 23.9 Å². The molecule has 4 aromatic rings. The van der Waals surface area contributed by atoms with E-state index in [1.54, 1.807) is 36.6 Å². The molecule has 0 atom stereocenters. The molecule has 0 aliphatic carbocycles. The number of rotatable bonds is 7. The lowest BCUT2D eigenvalue weighted by molar-refractivity contribution is 0.0322. The molecule has 11 heteroatoms. The van der Waals surface area contributed by atoms with Gasteiger partial charge in [0, 0.05) is 37.0 Å². The van der Waals surface area contributed by atoms with E-state index in [1.165, 1.54) is 4.68 Å². The van der Waals surface area contributed by atoms with Crippen molar-refractivity contribution in [3.05, 3.63) is 52.6 Å². The molecule has 34 heavy (non-hydrogen) atoms. The summed E-state index contributed by atoms with van der Waals surface area (Å²) in [5.74, 6) is 0.597. The fourth-order valence-electron chi connectivity index (χ4n) is 3.84. The number of tetrazole rings is 1. The molecule has 0 unspecified atom stereocenters. The van der Waals surface area contributed by atoms with Crippen LogP contribution in [0, 0.1) is 12.7 Å². The third-order valence-electron chi connectivity index (χ3n) is 5.80. The minimum atomic E-state index is -0.460. The summed E-state index contributed by atoms with van der Waals surface area (Å²) in [6, 6.07) is 7.20. The predicted octanol–water partition coefficient (Wildman–Crippen LogP) is 3.19. The van der Waals surface area contributed by atoms with Gasteiger partial charge < -0.3 is 15.2 Å². The van der Waals surface area contributed by atoms with Gasteiger partial charge in [0.25, 0.3) is 0 Å². The molecule has 1 fully saturated rings. The van der Waals surface area contributed by atoms with Crippen molar-refractivity contribution in [2.45, 2.75) is 6.92 Å². The molecule has 3 aromatic heterocycles. The summed E-state index contributed by atoms with van der Waals surface area (Å²) in [5, 5.41) is 15.9. The Hall–Kier alpha value is -3.41. The Morgan fingerprint density at radius 3 is 2.85 bits per heavy atom. The van der Waals surface area contributed by atoms with E-state index in [0.29, 0.717) is 29.3 Å². The molecule has 9 nitrogen and oxygen atoms in total. The van der Waals surface area contributed by atoms with Crippen molar-refractivity contribution < 1.29 is 13.9 Å². The van der Waals surface area contributed by atoms with Crippen LogP contribution in [-0.4, -0.2) is 69.5 Å². The Morgan fingerprint density at radius 2 is 2.06 bits per heavy atom. The Balaban J connectivity index is 1.40. The average molecular weight is 482 g/mol. The largest absolute Gasteiger partial charge is 0.492 e. The number of hydrogen-bond donors (Lipinski definition) is 1. The third-order valence-corrected chi connectivity index (χ3v) is 6.48. The van der Waals surface area contributed by atoms with Gasteiger partial charge in [-0.05, 0) is 57.9 Å². The highest BCUT2D eigenvalue weighted by Gasteiger charge is 2.20. The van der Waals surface area contributed by atoms with Crippen LogP contribution >= 0.6 is 11.3 Å². The molecule has 1 aliphatic heterocycles. The zero-order valence-corrected chi connectivity index (χ0v) is 19.5. The van der Waals surface area contributed by atoms with Gasteiger partial charge >= 0.3 is 0 Å². The lowest BCUT2D eigenvalue weighted by Crippen LogP contribution is -2.38. The molecule has 1 aromatic carbocycles. The van der Waals surface area contributed by atoms with E-state index in [9.17, 15) is 0 Å². The van der Waals surface area contributed by atoms with Gasteiger partial charge in [0.2, 0.25) is 0 Å². The summed E-state index contributed by atoms with van der Waals surface area (Å²) in [6.07, 6.45) is 1.70. The quantitative estimate of drug-likeness (QED) is 0.429. The Morgan fingerprint density at radius 1 is 1.21 bits per heavy atom. The van der Waals surface area contributed by atoms with E-state index in [1.807, 2.05) is 22.9 Å². The fourth-order valence-corrected chi connectivity index (χ4v) is 4.51. The number of benzene rings is 1. The fraction of sp³-hybridized carbons (Fsp3) is 0.304. The molecule has 0 spiro atoms. The topological polar surface area (TPSA) is 104 Å². The number of hydrogen-bond acceptors (Lipinski definition) is 9. The van der Waals surface area contributed by atoms with Crippen molar-refractivity contribution in [1.82, 2.24) is 30.1 Å². The van der Waals surface area contributed by atoms with Crippen LogP contribution in [-0.2, 0) is 4.74 Å². The summed E-state index contributed by atoms with van der Waals surface area (Å²) < 4.78 is 28.0. The molecule has 176 valence electrons. The van der Waals surface area contributed by atoms with E-state index in [2.05, 4.69) is 25.4 Å². The molecule has 1 saturated heterocycles. The number of thiophene rings is 1. The summed E-state index contributed by atoms with van der Waals surface area (Å²) >= 11 is 1.59. The molecule has 2 N–H and O–H groups in total. The van der Waals surface area contributed by atoms with E-state index in [4.69, 9.17) is 15.2 Å². The second-order valence-electron chi connectivity index (χ2n) is 7.91. The van der Waals surface area contributed by atoms with Gasteiger partial charge in [-0.3, -0.25) is 4.90 Å². The predicted molar refractivity (Wildman–Crippen MR) is 128 cm³/mol. The summed E-state index contributed by atoms with van der Waals surface area (Å²) in [6.45, 7) is 6.12. The zero-order valence-electron chi connectivity index (χ0n) is 18.6. The molecule has 0 bridgehead atoms. The standard InChI is InChI=1S/C23H24FN7O2S/c1-15-20(33-10-7-30-5-8-32-9-6-30)3-2-19(21(15)24)31-23(27-28-29-31)18-12-17(13-26-22(18)25)16-4-11-34-14-16/h2-4,11-14H,5-10H2,1H3,(H2,25,26). The monoisotopic (exact) mass is 481 g/mol. The number of nitrogens with two attached hydrogens (primary N) is 1. The Bertz CT molecular complexity index is 1270. The summed E-state index contributed by atoms with van der Waals surface area (Å²) in [5.41, 5.74) is 9.15. The van der Waals surface area contributed by atoms with Gasteiger partial charge in [0.15, 0.2) is 11.6 Å². The number of halogens is 1. The Labute approximate surface area is 199 Å². The lowest BCUT2D eigenvalue weighted by Gasteiger charge is -2.26. The van der Waals surface area contributed by atoms with Crippen LogP contribution in [0.2, 0.25) is 0 Å². The van der Waals surface area contributed by atoms with E-state index in [0.717, 1.165) is 44.0 Å². The van der Waals surface area contributed by atoms with Crippen LogP contribution in [0.4, 0.5) is 10.2 Å². The number of aromatic nitrogens is 5. The Kier molecular flexibility index (Phi) is 6.48. The third kappa shape index (κ3) is 4.49. The van der Waals surface area contributed by atoms with Gasteiger partial charge in [0.05, 0.1) is 18.8 Å². The van der Waals surface area contributed by atoms with Gasteiger partial charge in [-0.1, -0.05) is 0 Å². The highest BCUT2D eigenvalue weighted by Crippen LogP contribution is 2.32. The maximum Gasteiger partial charge on any atom is 0.190 e. The number of morpholine rings is 1. The minimum absolute atomic E-state index is 0.207. The van der Waals surface area contributed by atoms with E-state index >= 15 is 4.39 Å².